The van der Waals surface area contributed by atoms with Crippen molar-refractivity contribution in [1.82, 2.24) is 9.47 Å². The first-order chi connectivity index (χ1) is 9.93. The highest BCUT2D eigenvalue weighted by atomic mass is 16.6. The summed E-state index contributed by atoms with van der Waals surface area (Å²) in [5.41, 5.74) is 0.304. The molecule has 2 heterocycles. The van der Waals surface area contributed by atoms with E-state index in [0.717, 1.165) is 12.8 Å². The van der Waals surface area contributed by atoms with Crippen LogP contribution in [0.25, 0.3) is 0 Å². The first-order valence-electron chi connectivity index (χ1n) is 7.26. The Bertz CT molecular complexity index is 530. The predicted molar refractivity (Wildman–Crippen MR) is 77.1 cm³/mol. The van der Waals surface area contributed by atoms with Crippen molar-refractivity contribution < 1.29 is 14.8 Å². The molecule has 1 N–H and O–H groups in total. The number of hydrogen-bond acceptors (Lipinski definition) is 4. The number of likely N-dealkylation sites (tertiary alicyclic amines) is 1. The van der Waals surface area contributed by atoms with Crippen molar-refractivity contribution in [3.8, 4) is 0 Å². The first-order valence-corrected chi connectivity index (χ1v) is 7.26. The van der Waals surface area contributed by atoms with Crippen LogP contribution in [0, 0.1) is 16.0 Å². The summed E-state index contributed by atoms with van der Waals surface area (Å²) >= 11 is 0. The van der Waals surface area contributed by atoms with Gasteiger partial charge in [0.25, 0.3) is 11.6 Å². The van der Waals surface area contributed by atoms with Gasteiger partial charge in [0.2, 0.25) is 0 Å². The molecule has 7 nitrogen and oxygen atoms in total. The minimum Gasteiger partial charge on any atom is -0.393 e. The lowest BCUT2D eigenvalue weighted by atomic mass is 9.92. The van der Waals surface area contributed by atoms with Crippen LogP contribution in [0.15, 0.2) is 12.3 Å². The van der Waals surface area contributed by atoms with E-state index in [1.807, 2.05) is 6.92 Å². The summed E-state index contributed by atoms with van der Waals surface area (Å²) in [6.45, 7) is 5.29. The van der Waals surface area contributed by atoms with Gasteiger partial charge in [-0.1, -0.05) is 0 Å². The van der Waals surface area contributed by atoms with Crippen molar-refractivity contribution in [2.75, 3.05) is 13.1 Å². The van der Waals surface area contributed by atoms with Gasteiger partial charge >= 0.3 is 0 Å². The fourth-order valence-corrected chi connectivity index (χ4v) is 2.78. The zero-order valence-electron chi connectivity index (χ0n) is 12.4. The molecule has 1 aromatic heterocycles. The van der Waals surface area contributed by atoms with Gasteiger partial charge in [0.15, 0.2) is 0 Å². The Hall–Kier alpha value is -1.89. The van der Waals surface area contributed by atoms with E-state index in [0.29, 0.717) is 25.3 Å². The fourth-order valence-electron chi connectivity index (χ4n) is 2.78. The van der Waals surface area contributed by atoms with Gasteiger partial charge in [0.1, 0.15) is 5.69 Å². The van der Waals surface area contributed by atoms with Crippen molar-refractivity contribution in [2.24, 2.45) is 5.92 Å². The van der Waals surface area contributed by atoms with Gasteiger partial charge in [0.05, 0.1) is 17.2 Å². The van der Waals surface area contributed by atoms with E-state index in [1.54, 1.807) is 16.4 Å². The van der Waals surface area contributed by atoms with Crippen molar-refractivity contribution >= 4 is 11.6 Å². The van der Waals surface area contributed by atoms with Gasteiger partial charge in [-0.3, -0.25) is 14.9 Å². The third-order valence-electron chi connectivity index (χ3n) is 4.16. The van der Waals surface area contributed by atoms with Crippen LogP contribution in [0.2, 0.25) is 0 Å². The summed E-state index contributed by atoms with van der Waals surface area (Å²) in [6, 6.07) is 1.34. The lowest BCUT2D eigenvalue weighted by molar-refractivity contribution is -0.384. The second kappa shape index (κ2) is 6.26. The Morgan fingerprint density at radius 3 is 2.62 bits per heavy atom. The number of amides is 1. The average molecular weight is 295 g/mol. The third-order valence-corrected chi connectivity index (χ3v) is 4.16. The highest BCUT2D eigenvalue weighted by molar-refractivity contribution is 5.93. The number of carbonyl (C=O) groups excluding carboxylic acids is 1. The van der Waals surface area contributed by atoms with Crippen LogP contribution in [0.4, 0.5) is 5.69 Å². The third kappa shape index (κ3) is 3.24. The van der Waals surface area contributed by atoms with Gasteiger partial charge in [-0.05, 0) is 32.6 Å². The number of nitrogens with zero attached hydrogens (tertiary/aromatic N) is 3. The van der Waals surface area contributed by atoms with E-state index < -0.39 is 4.92 Å². The Morgan fingerprint density at radius 1 is 1.52 bits per heavy atom. The molecule has 1 aliphatic heterocycles. The molecular formula is C14H21N3O4. The first kappa shape index (κ1) is 15.5. The Balaban J connectivity index is 2.12. The summed E-state index contributed by atoms with van der Waals surface area (Å²) in [4.78, 5) is 24.6. The zero-order chi connectivity index (χ0) is 15.6. The lowest BCUT2D eigenvalue weighted by Gasteiger charge is -2.33. The molecule has 1 amide bonds. The number of piperidine rings is 1. The molecule has 0 bridgehead atoms. The minimum absolute atomic E-state index is 0.0564. The van der Waals surface area contributed by atoms with Crippen LogP contribution >= 0.6 is 0 Å². The maximum Gasteiger partial charge on any atom is 0.287 e. The molecule has 1 atom stereocenters. The van der Waals surface area contributed by atoms with Crippen LogP contribution in [-0.4, -0.2) is 44.6 Å². The van der Waals surface area contributed by atoms with Crippen LogP contribution in [0.1, 0.15) is 37.2 Å². The maximum absolute atomic E-state index is 12.5. The number of nitro groups is 1. The minimum atomic E-state index is -0.484. The molecule has 0 aliphatic carbocycles. The van der Waals surface area contributed by atoms with Gasteiger partial charge in [-0.2, -0.15) is 0 Å². The van der Waals surface area contributed by atoms with E-state index in [1.165, 1.54) is 12.3 Å². The van der Waals surface area contributed by atoms with Gasteiger partial charge < -0.3 is 14.6 Å². The molecule has 1 aliphatic rings. The van der Waals surface area contributed by atoms with E-state index in [4.69, 9.17) is 0 Å². The predicted octanol–water partition coefficient (Wildman–Crippen LogP) is 1.65. The van der Waals surface area contributed by atoms with E-state index in [2.05, 4.69) is 0 Å². The number of rotatable bonds is 4. The second-order valence-electron chi connectivity index (χ2n) is 5.50. The SMILES string of the molecule is CCn1cc([N+](=O)[O-])cc1C(=O)N1CCC(C(C)O)CC1. The smallest absolute Gasteiger partial charge is 0.287 e. The molecular weight excluding hydrogens is 274 g/mol. The molecule has 7 heteroatoms. The Morgan fingerprint density at radius 2 is 2.14 bits per heavy atom. The van der Waals surface area contributed by atoms with Gasteiger partial charge in [0, 0.05) is 25.7 Å². The monoisotopic (exact) mass is 295 g/mol. The van der Waals surface area contributed by atoms with Crippen LogP contribution < -0.4 is 0 Å². The van der Waals surface area contributed by atoms with Gasteiger partial charge in [-0.25, -0.2) is 0 Å². The molecule has 0 aromatic carbocycles. The van der Waals surface area contributed by atoms with Crippen LogP contribution in [-0.2, 0) is 6.54 Å². The number of aliphatic hydroxyl groups is 1. The van der Waals surface area contributed by atoms with Crippen molar-refractivity contribution in [2.45, 2.75) is 39.3 Å². The van der Waals surface area contributed by atoms with E-state index >= 15 is 0 Å². The number of carbonyl (C=O) groups is 1. The molecule has 0 spiro atoms. The summed E-state index contributed by atoms with van der Waals surface area (Å²) in [5.74, 6) is 0.0512. The molecule has 21 heavy (non-hydrogen) atoms. The Labute approximate surface area is 123 Å². The molecule has 116 valence electrons. The molecule has 1 aromatic rings. The molecule has 1 fully saturated rings. The normalized spacial score (nSPS) is 17.8. The molecule has 1 unspecified atom stereocenters. The molecule has 0 saturated carbocycles. The molecule has 2 rings (SSSR count). The van der Waals surface area contributed by atoms with Crippen molar-refractivity contribution in [1.29, 1.82) is 0 Å². The van der Waals surface area contributed by atoms with E-state index in [9.17, 15) is 20.0 Å². The number of aromatic nitrogens is 1. The number of aryl methyl sites for hydroxylation is 1. The lowest BCUT2D eigenvalue weighted by Crippen LogP contribution is -2.41. The van der Waals surface area contributed by atoms with Gasteiger partial charge in [-0.15, -0.1) is 0 Å². The number of aliphatic hydroxyl groups excluding tert-OH is 1. The maximum atomic E-state index is 12.5. The van der Waals surface area contributed by atoms with Crippen molar-refractivity contribution in [3.05, 3.63) is 28.1 Å². The molecule has 0 radical (unpaired) electrons. The largest absolute Gasteiger partial charge is 0.393 e. The highest BCUT2D eigenvalue weighted by Crippen LogP contribution is 2.24. The Kier molecular flexibility index (Phi) is 4.62. The summed E-state index contributed by atoms with van der Waals surface area (Å²) in [6.07, 6.45) is 2.56. The van der Waals surface area contributed by atoms with Crippen LogP contribution in [0.3, 0.4) is 0 Å². The quantitative estimate of drug-likeness (QED) is 0.675. The standard InChI is InChI=1S/C14H21N3O4/c1-3-15-9-12(17(20)21)8-13(15)14(19)16-6-4-11(5-7-16)10(2)18/h8-11,18H,3-7H2,1-2H3. The molecule has 1 saturated heterocycles. The summed E-state index contributed by atoms with van der Waals surface area (Å²) < 4.78 is 1.61. The number of hydrogen-bond donors (Lipinski definition) is 1. The fraction of sp³-hybridized carbons (Fsp3) is 0.643. The van der Waals surface area contributed by atoms with E-state index in [-0.39, 0.29) is 23.6 Å². The zero-order valence-corrected chi connectivity index (χ0v) is 12.4. The van der Waals surface area contributed by atoms with Crippen molar-refractivity contribution in [3.63, 3.8) is 0 Å². The summed E-state index contributed by atoms with van der Waals surface area (Å²) in [7, 11) is 0. The van der Waals surface area contributed by atoms with Crippen LogP contribution in [0.5, 0.6) is 0 Å². The highest BCUT2D eigenvalue weighted by Gasteiger charge is 2.28. The topological polar surface area (TPSA) is 88.6 Å². The second-order valence-corrected chi connectivity index (χ2v) is 5.50. The summed E-state index contributed by atoms with van der Waals surface area (Å²) in [5, 5.41) is 20.4. The average Bonchev–Trinajstić information content (AvgIpc) is 2.91.